The molecule has 20 heavy (non-hydrogen) atoms. The number of nitrogens with two attached hydrogens (primary N) is 1. The molecule has 0 saturated heterocycles. The first-order valence-electron chi connectivity index (χ1n) is 6.18. The first-order chi connectivity index (χ1) is 9.52. The topological polar surface area (TPSA) is 38.0 Å². The summed E-state index contributed by atoms with van der Waals surface area (Å²) >= 11 is 0. The fourth-order valence-electron chi connectivity index (χ4n) is 2.03. The Balaban J connectivity index is 2.29. The highest BCUT2D eigenvalue weighted by Crippen LogP contribution is 2.24. The molecule has 2 nitrogen and oxygen atoms in total. The zero-order chi connectivity index (χ0) is 14.7. The van der Waals surface area contributed by atoms with Gasteiger partial charge in [-0.1, -0.05) is 35.9 Å². The maximum absolute atomic E-state index is 13.8. The second-order valence-corrected chi connectivity index (χ2v) is 4.67. The second-order valence-electron chi connectivity index (χ2n) is 4.67. The SMILES string of the molecule is Cc1ccc(CC(NN)c2ccc(F)c(F)c2F)cc1. The Morgan fingerprint density at radius 3 is 2.25 bits per heavy atom. The lowest BCUT2D eigenvalue weighted by molar-refractivity contribution is 0.425. The van der Waals surface area contributed by atoms with Gasteiger partial charge in [-0.3, -0.25) is 11.3 Å². The van der Waals surface area contributed by atoms with Crippen LogP contribution in [0, 0.1) is 24.4 Å². The summed E-state index contributed by atoms with van der Waals surface area (Å²) in [6.45, 7) is 1.96. The van der Waals surface area contributed by atoms with Gasteiger partial charge in [-0.2, -0.15) is 0 Å². The van der Waals surface area contributed by atoms with Gasteiger partial charge in [0.15, 0.2) is 17.5 Å². The van der Waals surface area contributed by atoms with Crippen molar-refractivity contribution in [1.29, 1.82) is 0 Å². The molecule has 0 saturated carbocycles. The molecule has 0 heterocycles. The van der Waals surface area contributed by atoms with E-state index >= 15 is 0 Å². The van der Waals surface area contributed by atoms with Gasteiger partial charge in [-0.05, 0) is 25.0 Å². The van der Waals surface area contributed by atoms with Crippen molar-refractivity contribution in [3.8, 4) is 0 Å². The average molecular weight is 280 g/mol. The van der Waals surface area contributed by atoms with Crippen LogP contribution in [0.5, 0.6) is 0 Å². The normalized spacial score (nSPS) is 12.4. The molecule has 1 atom stereocenters. The van der Waals surface area contributed by atoms with E-state index in [2.05, 4.69) is 5.43 Å². The average Bonchev–Trinajstić information content (AvgIpc) is 2.45. The Kier molecular flexibility index (Phi) is 4.42. The molecule has 3 N–H and O–H groups in total. The van der Waals surface area contributed by atoms with Crippen molar-refractivity contribution < 1.29 is 13.2 Å². The number of hydrazine groups is 1. The first-order valence-corrected chi connectivity index (χ1v) is 6.18. The molecule has 0 spiro atoms. The van der Waals surface area contributed by atoms with Crippen molar-refractivity contribution in [3.05, 3.63) is 70.5 Å². The number of aryl methyl sites for hydroxylation is 1. The third-order valence-electron chi connectivity index (χ3n) is 3.20. The third kappa shape index (κ3) is 3.00. The molecule has 0 radical (unpaired) electrons. The summed E-state index contributed by atoms with van der Waals surface area (Å²) in [5.74, 6) is 1.51. The molecule has 0 aliphatic heterocycles. The minimum Gasteiger partial charge on any atom is -0.271 e. The summed E-state index contributed by atoms with van der Waals surface area (Å²) in [6.07, 6.45) is 0.374. The van der Waals surface area contributed by atoms with Gasteiger partial charge in [0, 0.05) is 5.56 Å². The standard InChI is InChI=1S/C15H15F3N2/c1-9-2-4-10(5-3-9)8-13(20-19)11-6-7-12(16)15(18)14(11)17/h2-7,13,20H,8,19H2,1H3. The van der Waals surface area contributed by atoms with E-state index in [9.17, 15) is 13.2 Å². The molecule has 2 rings (SSSR count). The van der Waals surface area contributed by atoms with Crippen molar-refractivity contribution in [2.45, 2.75) is 19.4 Å². The molecule has 0 fully saturated rings. The summed E-state index contributed by atoms with van der Waals surface area (Å²) in [5, 5.41) is 0. The molecular weight excluding hydrogens is 265 g/mol. The van der Waals surface area contributed by atoms with E-state index in [1.807, 2.05) is 31.2 Å². The Hall–Kier alpha value is -1.85. The molecule has 0 aliphatic carbocycles. The van der Waals surface area contributed by atoms with Crippen molar-refractivity contribution in [1.82, 2.24) is 5.43 Å². The van der Waals surface area contributed by atoms with Gasteiger partial charge in [-0.15, -0.1) is 0 Å². The summed E-state index contributed by atoms with van der Waals surface area (Å²) in [4.78, 5) is 0. The summed E-state index contributed by atoms with van der Waals surface area (Å²) in [5.41, 5.74) is 4.47. The number of halogens is 3. The molecular formula is C15H15F3N2. The zero-order valence-electron chi connectivity index (χ0n) is 11.0. The predicted molar refractivity (Wildman–Crippen MR) is 71.3 cm³/mol. The molecule has 0 aliphatic rings. The van der Waals surface area contributed by atoms with E-state index in [4.69, 9.17) is 5.84 Å². The Morgan fingerprint density at radius 2 is 1.65 bits per heavy atom. The van der Waals surface area contributed by atoms with Crippen LogP contribution < -0.4 is 11.3 Å². The maximum Gasteiger partial charge on any atom is 0.194 e. The fourth-order valence-corrected chi connectivity index (χ4v) is 2.03. The number of nitrogens with one attached hydrogen (secondary N) is 1. The van der Waals surface area contributed by atoms with Crippen LogP contribution in [-0.4, -0.2) is 0 Å². The lowest BCUT2D eigenvalue weighted by atomic mass is 9.98. The van der Waals surface area contributed by atoms with Crippen LogP contribution in [-0.2, 0) is 6.42 Å². The van der Waals surface area contributed by atoms with Gasteiger partial charge < -0.3 is 0 Å². The van der Waals surface area contributed by atoms with Crippen LogP contribution in [0.25, 0.3) is 0 Å². The molecule has 106 valence electrons. The van der Waals surface area contributed by atoms with Crippen molar-refractivity contribution in [2.24, 2.45) is 5.84 Å². The summed E-state index contributed by atoms with van der Waals surface area (Å²) < 4.78 is 39.9. The van der Waals surface area contributed by atoms with Crippen LogP contribution in [0.15, 0.2) is 36.4 Å². The summed E-state index contributed by atoms with van der Waals surface area (Å²) in [6, 6.07) is 9.08. The number of rotatable bonds is 4. The van der Waals surface area contributed by atoms with Gasteiger partial charge in [0.2, 0.25) is 0 Å². The van der Waals surface area contributed by atoms with Crippen molar-refractivity contribution in [2.75, 3.05) is 0 Å². The number of benzene rings is 2. The van der Waals surface area contributed by atoms with Crippen molar-refractivity contribution >= 4 is 0 Å². The van der Waals surface area contributed by atoms with Gasteiger partial charge in [0.25, 0.3) is 0 Å². The third-order valence-corrected chi connectivity index (χ3v) is 3.20. The van der Waals surface area contributed by atoms with Gasteiger partial charge >= 0.3 is 0 Å². The lowest BCUT2D eigenvalue weighted by Crippen LogP contribution is -2.30. The molecule has 5 heteroatoms. The number of hydrogen-bond acceptors (Lipinski definition) is 2. The largest absolute Gasteiger partial charge is 0.271 e. The van der Waals surface area contributed by atoms with E-state index in [0.717, 1.165) is 17.2 Å². The van der Waals surface area contributed by atoms with E-state index in [1.54, 1.807) is 0 Å². The molecule has 2 aromatic carbocycles. The lowest BCUT2D eigenvalue weighted by Gasteiger charge is -2.17. The fraction of sp³-hybridized carbons (Fsp3) is 0.200. The number of hydrogen-bond donors (Lipinski definition) is 2. The highest BCUT2D eigenvalue weighted by molar-refractivity contribution is 5.28. The van der Waals surface area contributed by atoms with Crippen LogP contribution >= 0.6 is 0 Å². The van der Waals surface area contributed by atoms with E-state index in [0.29, 0.717) is 6.42 Å². The van der Waals surface area contributed by atoms with Gasteiger partial charge in [0.1, 0.15) is 0 Å². The molecule has 1 unspecified atom stereocenters. The van der Waals surface area contributed by atoms with Crippen LogP contribution in [0.3, 0.4) is 0 Å². The summed E-state index contributed by atoms with van der Waals surface area (Å²) in [7, 11) is 0. The Labute approximate surface area is 115 Å². The highest BCUT2D eigenvalue weighted by atomic mass is 19.2. The van der Waals surface area contributed by atoms with Crippen LogP contribution in [0.4, 0.5) is 13.2 Å². The van der Waals surface area contributed by atoms with E-state index < -0.39 is 23.5 Å². The monoisotopic (exact) mass is 280 g/mol. The molecule has 0 amide bonds. The minimum atomic E-state index is -1.48. The Morgan fingerprint density at radius 1 is 1.00 bits per heavy atom. The van der Waals surface area contributed by atoms with Crippen molar-refractivity contribution in [3.63, 3.8) is 0 Å². The molecule has 2 aromatic rings. The van der Waals surface area contributed by atoms with Gasteiger partial charge in [-0.25, -0.2) is 13.2 Å². The first kappa shape index (κ1) is 14.6. The van der Waals surface area contributed by atoms with E-state index in [-0.39, 0.29) is 5.56 Å². The predicted octanol–water partition coefficient (Wildman–Crippen LogP) is 3.16. The smallest absolute Gasteiger partial charge is 0.194 e. The second kappa shape index (κ2) is 6.07. The quantitative estimate of drug-likeness (QED) is 0.513. The van der Waals surface area contributed by atoms with Crippen LogP contribution in [0.1, 0.15) is 22.7 Å². The van der Waals surface area contributed by atoms with Crippen LogP contribution in [0.2, 0.25) is 0 Å². The highest BCUT2D eigenvalue weighted by Gasteiger charge is 2.20. The Bertz CT molecular complexity index is 597. The maximum atomic E-state index is 13.8. The molecule has 0 bridgehead atoms. The minimum absolute atomic E-state index is 0.00646. The zero-order valence-corrected chi connectivity index (χ0v) is 11.0. The molecule has 0 aromatic heterocycles. The van der Waals surface area contributed by atoms with Gasteiger partial charge in [0.05, 0.1) is 6.04 Å². The van der Waals surface area contributed by atoms with E-state index in [1.165, 1.54) is 6.07 Å².